The molecule has 2 aliphatic heterocycles. The van der Waals surface area contributed by atoms with Gasteiger partial charge in [0.15, 0.2) is 0 Å². The standard InChI is InChI=1S/C24H22F6N4O3/c25-23(26,27)17-8-16(9-18(10-17)24(28,29)30)11-31-22(37)33-7-6-20(35)34-14-21(36)32(13-19(33)34)12-15-4-2-1-3-5-15/h1-5,8-10,19H,6-7,11-14H2,(H,31,37). The van der Waals surface area contributed by atoms with Crippen LogP contribution in [0.5, 0.6) is 0 Å². The molecule has 2 aromatic carbocycles. The van der Waals surface area contributed by atoms with Crippen molar-refractivity contribution >= 4 is 17.8 Å². The molecule has 1 atom stereocenters. The second-order valence-corrected chi connectivity index (χ2v) is 8.78. The van der Waals surface area contributed by atoms with Gasteiger partial charge in [-0.25, -0.2) is 4.79 Å². The molecule has 1 N–H and O–H groups in total. The van der Waals surface area contributed by atoms with Crippen molar-refractivity contribution in [3.8, 4) is 0 Å². The van der Waals surface area contributed by atoms with E-state index in [1.165, 1.54) is 14.7 Å². The van der Waals surface area contributed by atoms with Gasteiger partial charge in [-0.15, -0.1) is 0 Å². The van der Waals surface area contributed by atoms with Gasteiger partial charge in [0.2, 0.25) is 11.8 Å². The maximum absolute atomic E-state index is 13.1. The lowest BCUT2D eigenvalue weighted by molar-refractivity contribution is -0.159. The minimum atomic E-state index is -5.01. The van der Waals surface area contributed by atoms with Gasteiger partial charge >= 0.3 is 18.4 Å². The molecule has 0 bridgehead atoms. The number of nitrogens with one attached hydrogen (secondary N) is 1. The number of carbonyl (C=O) groups excluding carboxylic acids is 3. The Hall–Kier alpha value is -3.77. The summed E-state index contributed by atoms with van der Waals surface area (Å²) in [6, 6.07) is 9.39. The molecule has 198 valence electrons. The number of carbonyl (C=O) groups is 3. The van der Waals surface area contributed by atoms with E-state index in [1.54, 1.807) is 12.1 Å². The van der Waals surface area contributed by atoms with Crippen molar-refractivity contribution in [3.63, 3.8) is 0 Å². The quantitative estimate of drug-likeness (QED) is 0.614. The number of hydrogen-bond donors (Lipinski definition) is 1. The molecule has 7 nitrogen and oxygen atoms in total. The summed E-state index contributed by atoms with van der Waals surface area (Å²) >= 11 is 0. The highest BCUT2D eigenvalue weighted by molar-refractivity contribution is 5.88. The SMILES string of the molecule is O=C1CN2C(=O)CCN(C(=O)NCc3cc(C(F)(F)F)cc(C(F)(F)F)c3)C2CN1Cc1ccccc1. The lowest BCUT2D eigenvalue weighted by atomic mass is 10.0. The number of hydrogen-bond acceptors (Lipinski definition) is 3. The number of halogens is 6. The molecule has 4 amide bonds. The average Bonchev–Trinajstić information content (AvgIpc) is 2.83. The van der Waals surface area contributed by atoms with E-state index in [4.69, 9.17) is 0 Å². The summed E-state index contributed by atoms with van der Waals surface area (Å²) in [5, 5.41) is 2.36. The summed E-state index contributed by atoms with van der Waals surface area (Å²) in [6.45, 7) is -0.610. The fourth-order valence-electron chi connectivity index (χ4n) is 4.37. The van der Waals surface area contributed by atoms with Gasteiger partial charge in [0.05, 0.1) is 17.7 Å². The van der Waals surface area contributed by atoms with Crippen LogP contribution in [-0.4, -0.2) is 58.3 Å². The molecule has 4 rings (SSSR count). The smallest absolute Gasteiger partial charge is 0.334 e. The van der Waals surface area contributed by atoms with Crippen LogP contribution in [0.4, 0.5) is 31.1 Å². The van der Waals surface area contributed by atoms with E-state index in [-0.39, 0.29) is 56.0 Å². The van der Waals surface area contributed by atoms with E-state index in [0.29, 0.717) is 12.1 Å². The van der Waals surface area contributed by atoms with Crippen molar-refractivity contribution in [2.75, 3.05) is 19.6 Å². The van der Waals surface area contributed by atoms with Crippen molar-refractivity contribution < 1.29 is 40.7 Å². The monoisotopic (exact) mass is 528 g/mol. The molecule has 2 aliphatic rings. The van der Waals surface area contributed by atoms with Crippen LogP contribution in [0.2, 0.25) is 0 Å². The third-order valence-electron chi connectivity index (χ3n) is 6.22. The van der Waals surface area contributed by atoms with Gasteiger partial charge in [-0.3, -0.25) is 9.59 Å². The van der Waals surface area contributed by atoms with E-state index in [1.807, 2.05) is 18.2 Å². The molecule has 13 heteroatoms. The molecule has 2 aromatic rings. The summed E-state index contributed by atoms with van der Waals surface area (Å²) < 4.78 is 78.8. The fourth-order valence-corrected chi connectivity index (χ4v) is 4.37. The van der Waals surface area contributed by atoms with Crippen molar-refractivity contribution in [2.24, 2.45) is 0 Å². The molecule has 0 aliphatic carbocycles. The molecular formula is C24H22F6N4O3. The van der Waals surface area contributed by atoms with Gasteiger partial charge in [0.1, 0.15) is 12.7 Å². The van der Waals surface area contributed by atoms with Crippen LogP contribution >= 0.6 is 0 Å². The maximum Gasteiger partial charge on any atom is 0.416 e. The van der Waals surface area contributed by atoms with Crippen LogP contribution in [0.3, 0.4) is 0 Å². The highest BCUT2D eigenvalue weighted by atomic mass is 19.4. The molecule has 0 saturated carbocycles. The molecule has 2 fully saturated rings. The molecule has 37 heavy (non-hydrogen) atoms. The Morgan fingerprint density at radius 2 is 1.51 bits per heavy atom. The van der Waals surface area contributed by atoms with Crippen LogP contribution in [0.25, 0.3) is 0 Å². The van der Waals surface area contributed by atoms with Crippen LogP contribution in [0, 0.1) is 0 Å². The first kappa shape index (κ1) is 26.3. The Morgan fingerprint density at radius 3 is 2.11 bits per heavy atom. The van der Waals surface area contributed by atoms with Crippen LogP contribution < -0.4 is 5.32 Å². The fraction of sp³-hybridized carbons (Fsp3) is 0.375. The largest absolute Gasteiger partial charge is 0.416 e. The number of piperazine rings is 1. The Kier molecular flexibility index (Phi) is 7.07. The van der Waals surface area contributed by atoms with E-state index >= 15 is 0 Å². The lowest BCUT2D eigenvalue weighted by Crippen LogP contribution is -2.68. The zero-order valence-corrected chi connectivity index (χ0v) is 19.3. The van der Waals surface area contributed by atoms with Crippen LogP contribution in [0.15, 0.2) is 48.5 Å². The Morgan fingerprint density at radius 1 is 0.892 bits per heavy atom. The third-order valence-corrected chi connectivity index (χ3v) is 6.22. The molecule has 1 unspecified atom stereocenters. The Balaban J connectivity index is 1.50. The van der Waals surface area contributed by atoms with Gasteiger partial charge in [-0.2, -0.15) is 26.3 Å². The maximum atomic E-state index is 13.1. The molecule has 0 radical (unpaired) electrons. The molecule has 2 saturated heterocycles. The normalized spacial score (nSPS) is 18.6. The summed E-state index contributed by atoms with van der Waals surface area (Å²) in [5.41, 5.74) is -2.51. The molecule has 0 spiro atoms. The van der Waals surface area contributed by atoms with Crippen molar-refractivity contribution in [2.45, 2.75) is 38.0 Å². The zero-order valence-electron chi connectivity index (χ0n) is 19.3. The first-order valence-electron chi connectivity index (χ1n) is 11.3. The first-order valence-corrected chi connectivity index (χ1v) is 11.3. The van der Waals surface area contributed by atoms with E-state index < -0.39 is 42.2 Å². The summed E-state index contributed by atoms with van der Waals surface area (Å²) in [6.07, 6.45) is -10.9. The highest BCUT2D eigenvalue weighted by Gasteiger charge is 2.43. The number of amides is 4. The second-order valence-electron chi connectivity index (χ2n) is 8.78. The number of benzene rings is 2. The topological polar surface area (TPSA) is 73.0 Å². The first-order chi connectivity index (χ1) is 17.3. The van der Waals surface area contributed by atoms with Crippen LogP contribution in [-0.2, 0) is 35.0 Å². The van der Waals surface area contributed by atoms with E-state index in [9.17, 15) is 40.7 Å². The Bertz CT molecular complexity index is 1150. The van der Waals surface area contributed by atoms with Crippen molar-refractivity contribution in [1.82, 2.24) is 20.0 Å². The zero-order chi connectivity index (χ0) is 27.0. The Labute approximate surface area is 207 Å². The number of urea groups is 1. The second kappa shape index (κ2) is 9.94. The van der Waals surface area contributed by atoms with Crippen molar-refractivity contribution in [3.05, 3.63) is 70.8 Å². The van der Waals surface area contributed by atoms with Gasteiger partial charge in [0, 0.05) is 26.1 Å². The van der Waals surface area contributed by atoms with Gasteiger partial charge < -0.3 is 20.0 Å². The summed E-state index contributed by atoms with van der Waals surface area (Å²) in [5.74, 6) is -0.631. The van der Waals surface area contributed by atoms with Gasteiger partial charge in [-0.05, 0) is 29.3 Å². The highest BCUT2D eigenvalue weighted by Crippen LogP contribution is 2.36. The number of fused-ring (bicyclic) bond motifs is 1. The minimum Gasteiger partial charge on any atom is -0.334 e. The number of alkyl halides is 6. The predicted molar refractivity (Wildman–Crippen MR) is 117 cm³/mol. The minimum absolute atomic E-state index is 0.00860. The summed E-state index contributed by atoms with van der Waals surface area (Å²) in [4.78, 5) is 42.1. The van der Waals surface area contributed by atoms with Crippen molar-refractivity contribution in [1.29, 1.82) is 0 Å². The van der Waals surface area contributed by atoms with Gasteiger partial charge in [-0.1, -0.05) is 30.3 Å². The van der Waals surface area contributed by atoms with Gasteiger partial charge in [0.25, 0.3) is 0 Å². The van der Waals surface area contributed by atoms with E-state index in [0.717, 1.165) is 5.56 Å². The predicted octanol–water partition coefficient (Wildman–Crippen LogP) is 3.84. The summed E-state index contributed by atoms with van der Waals surface area (Å²) in [7, 11) is 0. The molecule has 2 heterocycles. The third kappa shape index (κ3) is 5.97. The van der Waals surface area contributed by atoms with E-state index in [2.05, 4.69) is 5.32 Å². The molecular weight excluding hydrogens is 506 g/mol. The average molecular weight is 528 g/mol. The molecule has 0 aromatic heterocycles. The lowest BCUT2D eigenvalue weighted by Gasteiger charge is -2.48. The number of rotatable bonds is 4. The van der Waals surface area contributed by atoms with Crippen LogP contribution in [0.1, 0.15) is 28.7 Å². The number of nitrogens with zero attached hydrogens (tertiary/aromatic N) is 3.